The van der Waals surface area contributed by atoms with E-state index in [9.17, 15) is 19.1 Å². The van der Waals surface area contributed by atoms with Crippen LogP contribution in [-0.2, 0) is 0 Å². The Morgan fingerprint density at radius 1 is 1.00 bits per heavy atom. The van der Waals surface area contributed by atoms with Gasteiger partial charge in [-0.05, 0) is 68.1 Å². The molecule has 1 saturated carbocycles. The van der Waals surface area contributed by atoms with Crippen LogP contribution in [0.4, 0.5) is 20.3 Å². The van der Waals surface area contributed by atoms with E-state index in [4.69, 9.17) is 4.74 Å². The standard InChI is InChI=1S/C29H25F2N7O4/c30-16-1-6-19(7-2-16)38-29(41)21(11-14-33-38)28(40)35-18-5-10-23(22(31)15-18)42-24-12-13-32-26-25(24)27(37-36-26)34-17-3-8-20(39)9-4-17/h1-2,5-7,10-15,17,20,39H,3-4,8-9H2,(H,35,40)(H2,32,34,36,37). The van der Waals surface area contributed by atoms with E-state index in [-0.39, 0.29) is 34.8 Å². The third-order valence-electron chi connectivity index (χ3n) is 7.03. The molecule has 3 heterocycles. The number of carbonyl (C=O) groups is 1. The maximum absolute atomic E-state index is 15.2. The number of aliphatic hydroxyl groups excluding tert-OH is 1. The van der Waals surface area contributed by atoms with Crippen molar-refractivity contribution in [1.29, 1.82) is 0 Å². The summed E-state index contributed by atoms with van der Waals surface area (Å²) in [5.74, 6) is -1.27. The SMILES string of the molecule is O=C(Nc1ccc(Oc2ccnc3[nH]nc(NC4CCC(O)CC4)c23)c(F)c1)c1ccnn(-c2ccc(F)cc2)c1=O. The van der Waals surface area contributed by atoms with Gasteiger partial charge in [0.2, 0.25) is 0 Å². The Balaban J connectivity index is 1.20. The number of aromatic amines is 1. The number of H-pyrrole nitrogens is 1. The van der Waals surface area contributed by atoms with E-state index in [0.717, 1.165) is 23.6 Å². The number of fused-ring (bicyclic) bond motifs is 1. The molecule has 1 aliphatic carbocycles. The molecule has 0 bridgehead atoms. The fourth-order valence-corrected chi connectivity index (χ4v) is 4.86. The molecule has 3 aromatic heterocycles. The van der Waals surface area contributed by atoms with Gasteiger partial charge in [-0.15, -0.1) is 0 Å². The lowest BCUT2D eigenvalue weighted by Crippen LogP contribution is -2.29. The van der Waals surface area contributed by atoms with E-state index in [1.807, 2.05) is 0 Å². The average Bonchev–Trinajstić information content (AvgIpc) is 3.40. The predicted molar refractivity (Wildman–Crippen MR) is 150 cm³/mol. The second-order valence-corrected chi connectivity index (χ2v) is 9.89. The summed E-state index contributed by atoms with van der Waals surface area (Å²) in [5, 5.41) is 27.3. The van der Waals surface area contributed by atoms with Crippen LogP contribution in [0.2, 0.25) is 0 Å². The number of nitrogens with zero attached hydrogens (tertiary/aromatic N) is 4. The summed E-state index contributed by atoms with van der Waals surface area (Å²) >= 11 is 0. The third-order valence-corrected chi connectivity index (χ3v) is 7.03. The largest absolute Gasteiger partial charge is 0.453 e. The predicted octanol–water partition coefficient (Wildman–Crippen LogP) is 4.54. The van der Waals surface area contributed by atoms with Crippen LogP contribution in [-0.4, -0.2) is 48.1 Å². The van der Waals surface area contributed by atoms with Gasteiger partial charge in [0.15, 0.2) is 23.0 Å². The molecular weight excluding hydrogens is 548 g/mol. The lowest BCUT2D eigenvalue weighted by molar-refractivity contribution is 0.102. The Hall–Kier alpha value is -5.17. The molecular formula is C29H25F2N7O4. The van der Waals surface area contributed by atoms with Crippen LogP contribution in [0.15, 0.2) is 71.8 Å². The van der Waals surface area contributed by atoms with Gasteiger partial charge < -0.3 is 20.5 Å². The van der Waals surface area contributed by atoms with Crippen molar-refractivity contribution in [3.05, 3.63) is 94.5 Å². The van der Waals surface area contributed by atoms with Crippen LogP contribution >= 0.6 is 0 Å². The van der Waals surface area contributed by atoms with Crippen LogP contribution in [0.3, 0.4) is 0 Å². The number of aromatic nitrogens is 5. The molecule has 6 rings (SSSR count). The van der Waals surface area contributed by atoms with Crippen molar-refractivity contribution in [3.8, 4) is 17.2 Å². The topological polar surface area (TPSA) is 147 Å². The smallest absolute Gasteiger partial charge is 0.284 e. The molecule has 0 unspecified atom stereocenters. The Kier molecular flexibility index (Phi) is 7.32. The van der Waals surface area contributed by atoms with E-state index >= 15 is 4.39 Å². The zero-order valence-corrected chi connectivity index (χ0v) is 22.1. The number of benzene rings is 2. The van der Waals surface area contributed by atoms with Crippen LogP contribution in [0.1, 0.15) is 36.0 Å². The highest BCUT2D eigenvalue weighted by Gasteiger charge is 2.23. The van der Waals surface area contributed by atoms with E-state index in [1.54, 1.807) is 6.07 Å². The number of amides is 1. The lowest BCUT2D eigenvalue weighted by Gasteiger charge is -2.26. The normalized spacial score (nSPS) is 16.7. The summed E-state index contributed by atoms with van der Waals surface area (Å²) in [6.07, 6.45) is 5.45. The monoisotopic (exact) mass is 573 g/mol. The van der Waals surface area contributed by atoms with Gasteiger partial charge >= 0.3 is 0 Å². The number of carbonyl (C=O) groups excluding carboxylic acids is 1. The molecule has 0 aliphatic heterocycles. The number of ether oxygens (including phenoxy) is 1. The Bertz CT molecular complexity index is 1820. The van der Waals surface area contributed by atoms with Crippen molar-refractivity contribution in [2.24, 2.45) is 0 Å². The molecule has 5 aromatic rings. The maximum Gasteiger partial charge on any atom is 0.284 e. The molecule has 13 heteroatoms. The lowest BCUT2D eigenvalue weighted by atomic mass is 9.93. The molecule has 4 N–H and O–H groups in total. The highest BCUT2D eigenvalue weighted by Crippen LogP contribution is 2.35. The van der Waals surface area contributed by atoms with E-state index in [2.05, 4.69) is 30.9 Å². The minimum atomic E-state index is -0.772. The van der Waals surface area contributed by atoms with Gasteiger partial charge in [0, 0.05) is 36.3 Å². The molecule has 0 radical (unpaired) electrons. The van der Waals surface area contributed by atoms with Crippen molar-refractivity contribution in [2.75, 3.05) is 10.6 Å². The average molecular weight is 574 g/mol. The van der Waals surface area contributed by atoms with Gasteiger partial charge in [-0.25, -0.2) is 13.8 Å². The Labute approximate surface area is 237 Å². The number of hydrogen-bond acceptors (Lipinski definition) is 8. The molecule has 2 aromatic carbocycles. The van der Waals surface area contributed by atoms with Crippen molar-refractivity contribution in [2.45, 2.75) is 37.8 Å². The molecule has 11 nitrogen and oxygen atoms in total. The first kappa shape index (κ1) is 27.0. The van der Waals surface area contributed by atoms with Crippen LogP contribution in [0, 0.1) is 11.6 Å². The fourth-order valence-electron chi connectivity index (χ4n) is 4.86. The first-order valence-electron chi connectivity index (χ1n) is 13.3. The molecule has 1 fully saturated rings. The van der Waals surface area contributed by atoms with Crippen molar-refractivity contribution < 1.29 is 23.4 Å². The van der Waals surface area contributed by atoms with Gasteiger partial charge in [0.05, 0.1) is 11.8 Å². The number of aliphatic hydroxyl groups is 1. The summed E-state index contributed by atoms with van der Waals surface area (Å²) in [5.41, 5.74) is -0.125. The van der Waals surface area contributed by atoms with Gasteiger partial charge in [-0.1, -0.05) is 0 Å². The second-order valence-electron chi connectivity index (χ2n) is 9.89. The molecule has 0 spiro atoms. The van der Waals surface area contributed by atoms with Crippen molar-refractivity contribution >= 4 is 28.4 Å². The number of nitrogens with one attached hydrogen (secondary N) is 3. The Morgan fingerprint density at radius 2 is 1.79 bits per heavy atom. The number of hydrogen-bond donors (Lipinski definition) is 4. The second kappa shape index (κ2) is 11.4. The summed E-state index contributed by atoms with van der Waals surface area (Å²) < 4.78 is 35.3. The summed E-state index contributed by atoms with van der Waals surface area (Å²) in [7, 11) is 0. The minimum absolute atomic E-state index is 0.0967. The van der Waals surface area contributed by atoms with Crippen LogP contribution in [0.25, 0.3) is 16.7 Å². The molecule has 0 atom stereocenters. The van der Waals surface area contributed by atoms with E-state index in [0.29, 0.717) is 35.4 Å². The van der Waals surface area contributed by atoms with Crippen molar-refractivity contribution in [3.63, 3.8) is 0 Å². The van der Waals surface area contributed by atoms with E-state index in [1.165, 1.54) is 54.9 Å². The summed E-state index contributed by atoms with van der Waals surface area (Å²) in [6.45, 7) is 0. The highest BCUT2D eigenvalue weighted by atomic mass is 19.1. The third kappa shape index (κ3) is 5.54. The fraction of sp³-hybridized carbons (Fsp3) is 0.207. The quantitative estimate of drug-likeness (QED) is 0.222. The number of anilines is 2. The summed E-state index contributed by atoms with van der Waals surface area (Å²) in [4.78, 5) is 30.1. The van der Waals surface area contributed by atoms with E-state index < -0.39 is 23.1 Å². The summed E-state index contributed by atoms with van der Waals surface area (Å²) in [6, 6.07) is 11.9. The van der Waals surface area contributed by atoms with Crippen LogP contribution in [0.5, 0.6) is 11.5 Å². The number of halogens is 2. The first-order valence-corrected chi connectivity index (χ1v) is 13.3. The zero-order valence-electron chi connectivity index (χ0n) is 22.1. The first-order chi connectivity index (χ1) is 20.4. The maximum atomic E-state index is 15.2. The molecule has 42 heavy (non-hydrogen) atoms. The van der Waals surface area contributed by atoms with Crippen molar-refractivity contribution in [1.82, 2.24) is 25.0 Å². The number of pyridine rings is 1. The van der Waals surface area contributed by atoms with Gasteiger partial charge in [0.1, 0.15) is 22.5 Å². The molecule has 214 valence electrons. The molecule has 0 saturated heterocycles. The molecule has 1 amide bonds. The van der Waals surface area contributed by atoms with Gasteiger partial charge in [-0.2, -0.15) is 14.9 Å². The zero-order chi connectivity index (χ0) is 29.2. The van der Waals surface area contributed by atoms with Gasteiger partial charge in [0.25, 0.3) is 11.5 Å². The minimum Gasteiger partial charge on any atom is -0.453 e. The number of rotatable bonds is 7. The molecule has 1 aliphatic rings. The Morgan fingerprint density at radius 3 is 2.55 bits per heavy atom. The van der Waals surface area contributed by atoms with Crippen LogP contribution < -0.4 is 20.9 Å². The highest BCUT2D eigenvalue weighted by molar-refractivity contribution is 6.04. The van der Waals surface area contributed by atoms with Gasteiger partial charge in [-0.3, -0.25) is 14.7 Å².